The van der Waals surface area contributed by atoms with Crippen molar-refractivity contribution in [1.29, 1.82) is 0 Å². The van der Waals surface area contributed by atoms with Crippen LogP contribution in [0.15, 0.2) is 22.9 Å². The lowest BCUT2D eigenvalue weighted by Gasteiger charge is -2.32. The molecule has 1 saturated heterocycles. The van der Waals surface area contributed by atoms with Crippen molar-refractivity contribution in [2.75, 3.05) is 19.7 Å². The van der Waals surface area contributed by atoms with Crippen molar-refractivity contribution in [1.82, 2.24) is 19.9 Å². The van der Waals surface area contributed by atoms with E-state index >= 15 is 0 Å². The topological polar surface area (TPSA) is 81.4 Å². The van der Waals surface area contributed by atoms with Crippen LogP contribution >= 0.6 is 0 Å². The monoisotopic (exact) mass is 288 g/mol. The Morgan fingerprint density at radius 1 is 1.38 bits per heavy atom. The first kappa shape index (κ1) is 13.7. The molecule has 1 fully saturated rings. The number of ether oxygens (including phenoxy) is 1. The van der Waals surface area contributed by atoms with Crippen LogP contribution < -0.4 is 0 Å². The summed E-state index contributed by atoms with van der Waals surface area (Å²) in [6.45, 7) is 4.98. The Hall–Kier alpha value is -2.28. The molecular formula is C14H16N4O3. The molecule has 0 aromatic carbocycles. The third-order valence-corrected chi connectivity index (χ3v) is 3.32. The predicted molar refractivity (Wildman–Crippen MR) is 72.6 cm³/mol. The highest BCUT2D eigenvalue weighted by Crippen LogP contribution is 2.21. The molecule has 110 valence electrons. The molecule has 0 bridgehead atoms. The fourth-order valence-corrected chi connectivity index (χ4v) is 2.29. The molecule has 0 spiro atoms. The van der Waals surface area contributed by atoms with Gasteiger partial charge in [0, 0.05) is 19.7 Å². The maximum absolute atomic E-state index is 12.4. The van der Waals surface area contributed by atoms with Gasteiger partial charge in [0.15, 0.2) is 11.6 Å². The Kier molecular flexibility index (Phi) is 3.66. The summed E-state index contributed by atoms with van der Waals surface area (Å²) >= 11 is 0. The second kappa shape index (κ2) is 5.61. The van der Waals surface area contributed by atoms with Gasteiger partial charge in [0.05, 0.1) is 18.8 Å². The molecule has 1 amide bonds. The Morgan fingerprint density at radius 2 is 2.24 bits per heavy atom. The Morgan fingerprint density at radius 3 is 2.95 bits per heavy atom. The molecule has 0 N–H and O–H groups in total. The summed E-state index contributed by atoms with van der Waals surface area (Å²) in [6, 6.07) is 1.81. The van der Waals surface area contributed by atoms with Crippen LogP contribution in [0.25, 0.3) is 0 Å². The largest absolute Gasteiger partial charge is 0.448 e. The van der Waals surface area contributed by atoms with Gasteiger partial charge in [0.2, 0.25) is 0 Å². The van der Waals surface area contributed by atoms with Gasteiger partial charge in [-0.1, -0.05) is 0 Å². The first-order chi connectivity index (χ1) is 10.1. The van der Waals surface area contributed by atoms with Gasteiger partial charge >= 0.3 is 0 Å². The molecule has 7 heteroatoms. The van der Waals surface area contributed by atoms with E-state index in [-0.39, 0.29) is 12.0 Å². The summed E-state index contributed by atoms with van der Waals surface area (Å²) in [5.74, 6) is 1.02. The predicted octanol–water partition coefficient (Wildman–Crippen LogP) is 1.30. The minimum Gasteiger partial charge on any atom is -0.448 e. The standard InChI is InChI=1S/C14H16N4O3/c1-9-15-4-3-11(16-9)13-7-18(5-6-20-13)14(19)12-8-21-10(2)17-12/h3-4,8,13H,5-7H2,1-2H3. The van der Waals surface area contributed by atoms with Crippen LogP contribution in [0.5, 0.6) is 0 Å². The summed E-state index contributed by atoms with van der Waals surface area (Å²) in [7, 11) is 0. The molecule has 3 rings (SSSR count). The number of rotatable bonds is 2. The number of nitrogens with zero attached hydrogens (tertiary/aromatic N) is 4. The van der Waals surface area contributed by atoms with Crippen LogP contribution in [-0.2, 0) is 4.74 Å². The van der Waals surface area contributed by atoms with Crippen LogP contribution in [0.3, 0.4) is 0 Å². The smallest absolute Gasteiger partial charge is 0.275 e. The lowest BCUT2D eigenvalue weighted by Crippen LogP contribution is -2.42. The average Bonchev–Trinajstić information content (AvgIpc) is 2.93. The SMILES string of the molecule is Cc1nccc(C2CN(C(=O)c3coc(C)n3)CCO2)n1. The van der Waals surface area contributed by atoms with Gasteiger partial charge in [-0.2, -0.15) is 0 Å². The van der Waals surface area contributed by atoms with Gasteiger partial charge in [0.25, 0.3) is 5.91 Å². The molecule has 1 aliphatic rings. The second-order valence-corrected chi connectivity index (χ2v) is 4.89. The van der Waals surface area contributed by atoms with Crippen LogP contribution in [-0.4, -0.2) is 45.5 Å². The van der Waals surface area contributed by atoms with Crippen LogP contribution in [0.2, 0.25) is 0 Å². The van der Waals surface area contributed by atoms with E-state index in [1.807, 2.05) is 13.0 Å². The number of carbonyl (C=O) groups is 1. The van der Waals surface area contributed by atoms with Crippen molar-refractivity contribution in [3.63, 3.8) is 0 Å². The zero-order valence-electron chi connectivity index (χ0n) is 11.9. The van der Waals surface area contributed by atoms with E-state index in [4.69, 9.17) is 9.15 Å². The van der Waals surface area contributed by atoms with E-state index in [9.17, 15) is 4.79 Å². The molecule has 1 aliphatic heterocycles. The number of aryl methyl sites for hydroxylation is 2. The minimum absolute atomic E-state index is 0.147. The van der Waals surface area contributed by atoms with Crippen molar-refractivity contribution >= 4 is 5.91 Å². The molecule has 0 aliphatic carbocycles. The van der Waals surface area contributed by atoms with Gasteiger partial charge in [-0.3, -0.25) is 4.79 Å². The summed E-state index contributed by atoms with van der Waals surface area (Å²) in [5, 5.41) is 0. The van der Waals surface area contributed by atoms with Gasteiger partial charge in [0.1, 0.15) is 18.2 Å². The summed E-state index contributed by atoms with van der Waals surface area (Å²) < 4.78 is 10.8. The minimum atomic E-state index is -0.239. The Balaban J connectivity index is 1.75. The number of hydrogen-bond donors (Lipinski definition) is 0. The molecule has 1 atom stereocenters. The molecule has 3 heterocycles. The van der Waals surface area contributed by atoms with E-state index in [1.54, 1.807) is 18.0 Å². The van der Waals surface area contributed by atoms with E-state index in [0.717, 1.165) is 5.69 Å². The number of carbonyl (C=O) groups excluding carboxylic acids is 1. The number of oxazole rings is 1. The first-order valence-corrected chi connectivity index (χ1v) is 6.76. The van der Waals surface area contributed by atoms with E-state index < -0.39 is 0 Å². The fraction of sp³-hybridized carbons (Fsp3) is 0.429. The van der Waals surface area contributed by atoms with Gasteiger partial charge in [-0.15, -0.1) is 0 Å². The third kappa shape index (κ3) is 2.92. The second-order valence-electron chi connectivity index (χ2n) is 4.89. The van der Waals surface area contributed by atoms with Gasteiger partial charge < -0.3 is 14.1 Å². The Bertz CT molecular complexity index is 655. The number of aromatic nitrogens is 3. The number of morpholine rings is 1. The van der Waals surface area contributed by atoms with Gasteiger partial charge in [-0.25, -0.2) is 15.0 Å². The fourth-order valence-electron chi connectivity index (χ4n) is 2.29. The normalized spacial score (nSPS) is 18.8. The lowest BCUT2D eigenvalue weighted by atomic mass is 10.2. The van der Waals surface area contributed by atoms with Crippen molar-refractivity contribution in [2.24, 2.45) is 0 Å². The van der Waals surface area contributed by atoms with Crippen LogP contribution in [0.4, 0.5) is 0 Å². The van der Waals surface area contributed by atoms with E-state index in [0.29, 0.717) is 37.1 Å². The van der Waals surface area contributed by atoms with E-state index in [2.05, 4.69) is 15.0 Å². The lowest BCUT2D eigenvalue weighted by molar-refractivity contribution is -0.0250. The van der Waals surface area contributed by atoms with Crippen molar-refractivity contribution in [3.8, 4) is 0 Å². The first-order valence-electron chi connectivity index (χ1n) is 6.76. The van der Waals surface area contributed by atoms with Crippen LogP contribution in [0, 0.1) is 13.8 Å². The van der Waals surface area contributed by atoms with Crippen LogP contribution in [0.1, 0.15) is 34.0 Å². The van der Waals surface area contributed by atoms with Crippen molar-refractivity contribution in [2.45, 2.75) is 20.0 Å². The average molecular weight is 288 g/mol. The zero-order chi connectivity index (χ0) is 14.8. The Labute approximate surface area is 122 Å². The summed E-state index contributed by atoms with van der Waals surface area (Å²) in [5.41, 5.74) is 1.11. The third-order valence-electron chi connectivity index (χ3n) is 3.32. The zero-order valence-corrected chi connectivity index (χ0v) is 11.9. The maximum Gasteiger partial charge on any atom is 0.275 e. The molecule has 21 heavy (non-hydrogen) atoms. The highest BCUT2D eigenvalue weighted by Gasteiger charge is 2.28. The summed E-state index contributed by atoms with van der Waals surface area (Å²) in [4.78, 5) is 26.6. The highest BCUT2D eigenvalue weighted by atomic mass is 16.5. The molecule has 2 aromatic rings. The van der Waals surface area contributed by atoms with Gasteiger partial charge in [-0.05, 0) is 13.0 Å². The quantitative estimate of drug-likeness (QED) is 0.828. The van der Waals surface area contributed by atoms with E-state index in [1.165, 1.54) is 6.26 Å². The highest BCUT2D eigenvalue weighted by molar-refractivity contribution is 5.92. The summed E-state index contributed by atoms with van der Waals surface area (Å²) in [6.07, 6.45) is 2.84. The molecule has 1 unspecified atom stereocenters. The molecule has 0 saturated carbocycles. The number of hydrogen-bond acceptors (Lipinski definition) is 6. The molecular weight excluding hydrogens is 272 g/mol. The molecule has 0 radical (unpaired) electrons. The van der Waals surface area contributed by atoms with Crippen molar-refractivity contribution < 1.29 is 13.9 Å². The maximum atomic E-state index is 12.4. The molecule has 7 nitrogen and oxygen atoms in total. The number of amides is 1. The van der Waals surface area contributed by atoms with Crippen molar-refractivity contribution in [3.05, 3.63) is 41.6 Å². The molecule has 2 aromatic heterocycles.